The van der Waals surface area contributed by atoms with Gasteiger partial charge < -0.3 is 20.5 Å². The Morgan fingerprint density at radius 1 is 1.38 bits per heavy atom. The molecule has 1 aromatic carbocycles. The third-order valence-corrected chi connectivity index (χ3v) is 3.55. The van der Waals surface area contributed by atoms with Crippen LogP contribution in [-0.2, 0) is 4.79 Å². The van der Waals surface area contributed by atoms with Crippen LogP contribution in [0.2, 0.25) is 0 Å². The van der Waals surface area contributed by atoms with E-state index in [1.807, 2.05) is 0 Å². The van der Waals surface area contributed by atoms with Gasteiger partial charge in [-0.15, -0.1) is 0 Å². The number of methoxy groups -OCH3 is 1. The zero-order valence-corrected chi connectivity index (χ0v) is 11.6. The third kappa shape index (κ3) is 3.81. The molecule has 0 radical (unpaired) electrons. The molecule has 7 heteroatoms. The van der Waals surface area contributed by atoms with E-state index in [1.54, 1.807) is 6.07 Å². The lowest BCUT2D eigenvalue weighted by Crippen LogP contribution is -2.34. The third-order valence-electron chi connectivity index (χ3n) is 3.55. The van der Waals surface area contributed by atoms with E-state index >= 15 is 0 Å². The zero-order valence-electron chi connectivity index (χ0n) is 11.6. The maximum atomic E-state index is 12.3. The number of alkyl halides is 2. The van der Waals surface area contributed by atoms with E-state index in [-0.39, 0.29) is 29.4 Å². The summed E-state index contributed by atoms with van der Waals surface area (Å²) in [7, 11) is 1.35. The predicted molar refractivity (Wildman–Crippen MR) is 73.6 cm³/mol. The highest BCUT2D eigenvalue weighted by Gasteiger charge is 2.30. The molecule has 1 saturated carbocycles. The smallest absolute Gasteiger partial charge is 0.387 e. The summed E-state index contributed by atoms with van der Waals surface area (Å²) in [6.45, 7) is -2.96. The van der Waals surface area contributed by atoms with Crippen LogP contribution in [0.25, 0.3) is 0 Å². The molecule has 1 fully saturated rings. The van der Waals surface area contributed by atoms with Gasteiger partial charge in [-0.05, 0) is 25.0 Å². The van der Waals surface area contributed by atoms with E-state index < -0.39 is 6.61 Å². The number of ether oxygens (including phenoxy) is 2. The van der Waals surface area contributed by atoms with Gasteiger partial charge >= 0.3 is 6.61 Å². The molecular weight excluding hydrogens is 282 g/mol. The Labute approximate surface area is 121 Å². The molecule has 1 aliphatic rings. The monoisotopic (exact) mass is 300 g/mol. The van der Waals surface area contributed by atoms with Crippen LogP contribution in [0.5, 0.6) is 11.5 Å². The Morgan fingerprint density at radius 2 is 2.14 bits per heavy atom. The molecule has 0 aliphatic heterocycles. The Bertz CT molecular complexity index is 511. The topological polar surface area (TPSA) is 73.6 Å². The molecule has 1 amide bonds. The van der Waals surface area contributed by atoms with E-state index in [1.165, 1.54) is 19.2 Å². The summed E-state index contributed by atoms with van der Waals surface area (Å²) in [6.07, 6.45) is 2.48. The van der Waals surface area contributed by atoms with E-state index in [0.717, 1.165) is 19.3 Å². The number of benzene rings is 1. The second-order valence-corrected chi connectivity index (χ2v) is 4.93. The second kappa shape index (κ2) is 6.71. The predicted octanol–water partition coefficient (Wildman–Crippen LogP) is 2.36. The number of carbonyl (C=O) groups is 1. The molecule has 1 aliphatic carbocycles. The number of halogens is 2. The average molecular weight is 300 g/mol. The van der Waals surface area contributed by atoms with E-state index in [2.05, 4.69) is 10.1 Å². The quantitative estimate of drug-likeness (QED) is 0.875. The number of anilines is 1. The Kier molecular flexibility index (Phi) is 4.95. The molecule has 1 aromatic rings. The molecule has 5 nitrogen and oxygen atoms in total. The van der Waals surface area contributed by atoms with Crippen LogP contribution in [0.4, 0.5) is 14.5 Å². The SMILES string of the molecule is COc1ccc(NC(=O)C2CCCC2N)cc1OC(F)F. The van der Waals surface area contributed by atoms with Crippen molar-refractivity contribution in [1.82, 2.24) is 0 Å². The number of carbonyl (C=O) groups excluding carboxylic acids is 1. The van der Waals surface area contributed by atoms with Crippen LogP contribution >= 0.6 is 0 Å². The van der Waals surface area contributed by atoms with Gasteiger partial charge in [0.05, 0.1) is 13.0 Å². The largest absolute Gasteiger partial charge is 0.493 e. The van der Waals surface area contributed by atoms with Crippen molar-refractivity contribution in [2.24, 2.45) is 11.7 Å². The molecular formula is C14H18F2N2O3. The first-order valence-corrected chi connectivity index (χ1v) is 6.70. The fourth-order valence-corrected chi connectivity index (χ4v) is 2.49. The van der Waals surface area contributed by atoms with Gasteiger partial charge in [0.2, 0.25) is 5.91 Å². The van der Waals surface area contributed by atoms with Crippen molar-refractivity contribution < 1.29 is 23.0 Å². The number of amides is 1. The second-order valence-electron chi connectivity index (χ2n) is 4.93. The van der Waals surface area contributed by atoms with Gasteiger partial charge in [-0.3, -0.25) is 4.79 Å². The van der Waals surface area contributed by atoms with Crippen molar-refractivity contribution in [3.8, 4) is 11.5 Å². The van der Waals surface area contributed by atoms with Crippen LogP contribution < -0.4 is 20.5 Å². The van der Waals surface area contributed by atoms with E-state index in [0.29, 0.717) is 5.69 Å². The summed E-state index contributed by atoms with van der Waals surface area (Å²) in [6, 6.07) is 4.18. The molecule has 21 heavy (non-hydrogen) atoms. The summed E-state index contributed by atoms with van der Waals surface area (Å²) in [5.74, 6) is -0.397. The van der Waals surface area contributed by atoms with Crippen molar-refractivity contribution in [2.75, 3.05) is 12.4 Å². The molecule has 0 saturated heterocycles. The molecule has 3 N–H and O–H groups in total. The molecule has 2 unspecified atom stereocenters. The normalized spacial score (nSPS) is 21.4. The van der Waals surface area contributed by atoms with Crippen molar-refractivity contribution in [3.63, 3.8) is 0 Å². The fourth-order valence-electron chi connectivity index (χ4n) is 2.49. The first kappa shape index (κ1) is 15.5. The Morgan fingerprint density at radius 3 is 2.71 bits per heavy atom. The highest BCUT2D eigenvalue weighted by Crippen LogP contribution is 2.32. The summed E-state index contributed by atoms with van der Waals surface area (Å²) >= 11 is 0. The minimum Gasteiger partial charge on any atom is -0.493 e. The lowest BCUT2D eigenvalue weighted by atomic mass is 10.0. The highest BCUT2D eigenvalue weighted by atomic mass is 19.3. The number of rotatable bonds is 5. The molecule has 2 atom stereocenters. The Balaban J connectivity index is 2.11. The molecule has 2 rings (SSSR count). The first-order chi connectivity index (χ1) is 10.0. The minimum atomic E-state index is -2.96. The minimum absolute atomic E-state index is 0.124. The van der Waals surface area contributed by atoms with Crippen LogP contribution in [0, 0.1) is 5.92 Å². The van der Waals surface area contributed by atoms with E-state index in [4.69, 9.17) is 10.5 Å². The summed E-state index contributed by atoms with van der Waals surface area (Å²) < 4.78 is 34.0. The Hall–Kier alpha value is -1.89. The molecule has 0 bridgehead atoms. The highest BCUT2D eigenvalue weighted by molar-refractivity contribution is 5.93. The lowest BCUT2D eigenvalue weighted by Gasteiger charge is -2.16. The van der Waals surface area contributed by atoms with Crippen LogP contribution in [0.1, 0.15) is 19.3 Å². The zero-order chi connectivity index (χ0) is 15.4. The van der Waals surface area contributed by atoms with Crippen LogP contribution in [0.15, 0.2) is 18.2 Å². The van der Waals surface area contributed by atoms with Gasteiger partial charge in [0.25, 0.3) is 0 Å². The lowest BCUT2D eigenvalue weighted by molar-refractivity contribution is -0.120. The number of hydrogen-bond donors (Lipinski definition) is 2. The summed E-state index contributed by atoms with van der Waals surface area (Å²) in [4.78, 5) is 12.1. The molecule has 116 valence electrons. The van der Waals surface area contributed by atoms with Gasteiger partial charge in [-0.25, -0.2) is 0 Å². The summed E-state index contributed by atoms with van der Waals surface area (Å²) in [5, 5.41) is 2.68. The number of nitrogens with two attached hydrogens (primary N) is 1. The fraction of sp³-hybridized carbons (Fsp3) is 0.500. The molecule has 0 heterocycles. The number of hydrogen-bond acceptors (Lipinski definition) is 4. The van der Waals surface area contributed by atoms with Crippen molar-refractivity contribution in [1.29, 1.82) is 0 Å². The van der Waals surface area contributed by atoms with Gasteiger partial charge in [0, 0.05) is 17.8 Å². The molecule has 0 spiro atoms. The molecule has 0 aromatic heterocycles. The standard InChI is InChI=1S/C14H18F2N2O3/c1-20-11-6-5-8(7-12(11)21-14(15)16)18-13(19)9-3-2-4-10(9)17/h5-7,9-10,14H,2-4,17H2,1H3,(H,18,19). The maximum absolute atomic E-state index is 12.3. The van der Waals surface area contributed by atoms with Crippen LogP contribution in [0.3, 0.4) is 0 Å². The first-order valence-electron chi connectivity index (χ1n) is 6.70. The van der Waals surface area contributed by atoms with Gasteiger partial charge in [-0.1, -0.05) is 6.42 Å². The van der Waals surface area contributed by atoms with Gasteiger partial charge in [0.15, 0.2) is 11.5 Å². The van der Waals surface area contributed by atoms with Gasteiger partial charge in [-0.2, -0.15) is 8.78 Å². The van der Waals surface area contributed by atoms with Crippen molar-refractivity contribution >= 4 is 11.6 Å². The number of nitrogens with one attached hydrogen (secondary N) is 1. The average Bonchev–Trinajstić information content (AvgIpc) is 2.85. The van der Waals surface area contributed by atoms with E-state index in [9.17, 15) is 13.6 Å². The van der Waals surface area contributed by atoms with Gasteiger partial charge in [0.1, 0.15) is 0 Å². The summed E-state index contributed by atoms with van der Waals surface area (Å²) in [5.41, 5.74) is 6.24. The van der Waals surface area contributed by atoms with Crippen LogP contribution in [-0.4, -0.2) is 25.7 Å². The van der Waals surface area contributed by atoms with Crippen molar-refractivity contribution in [2.45, 2.75) is 31.9 Å². The van der Waals surface area contributed by atoms with Crippen molar-refractivity contribution in [3.05, 3.63) is 18.2 Å². The maximum Gasteiger partial charge on any atom is 0.387 e.